The standard InChI is InChI=1S/C21H26N2O5S/c1-14-6-5-7-18(15(14)2)23(29(4,25)26)13-21(24)22-16(3)17-8-9-19-20(12-17)28-11-10-27-19/h5-9,12,16H,10-11,13H2,1-4H3,(H,22,24)/t16-/m0/s1. The normalized spacial score (nSPS) is 14.2. The van der Waals surface area contributed by atoms with Crippen molar-refractivity contribution in [1.82, 2.24) is 5.32 Å². The topological polar surface area (TPSA) is 84.9 Å². The summed E-state index contributed by atoms with van der Waals surface area (Å²) >= 11 is 0. The highest BCUT2D eigenvalue weighted by Crippen LogP contribution is 2.32. The summed E-state index contributed by atoms with van der Waals surface area (Å²) in [5.41, 5.74) is 3.14. The van der Waals surface area contributed by atoms with Crippen molar-refractivity contribution in [2.24, 2.45) is 0 Å². The van der Waals surface area contributed by atoms with Gasteiger partial charge in [-0.2, -0.15) is 0 Å². The van der Waals surface area contributed by atoms with Crippen LogP contribution in [0.25, 0.3) is 0 Å². The molecule has 1 aliphatic heterocycles. The van der Waals surface area contributed by atoms with Crippen LogP contribution in [-0.4, -0.2) is 40.3 Å². The van der Waals surface area contributed by atoms with E-state index < -0.39 is 15.9 Å². The van der Waals surface area contributed by atoms with Crippen LogP contribution >= 0.6 is 0 Å². The van der Waals surface area contributed by atoms with E-state index in [0.29, 0.717) is 30.4 Å². The molecule has 0 aromatic heterocycles. The highest BCUT2D eigenvalue weighted by atomic mass is 32.2. The molecule has 8 heteroatoms. The minimum atomic E-state index is -3.63. The Hall–Kier alpha value is -2.74. The maximum atomic E-state index is 12.7. The van der Waals surface area contributed by atoms with Crippen LogP contribution < -0.4 is 19.1 Å². The number of amides is 1. The summed E-state index contributed by atoms with van der Waals surface area (Å²) in [6, 6.07) is 10.6. The van der Waals surface area contributed by atoms with Gasteiger partial charge in [-0.05, 0) is 55.7 Å². The first-order valence-corrected chi connectivity index (χ1v) is 11.2. The van der Waals surface area contributed by atoms with Crippen LogP contribution in [0.4, 0.5) is 5.69 Å². The van der Waals surface area contributed by atoms with Gasteiger partial charge >= 0.3 is 0 Å². The number of rotatable bonds is 6. The minimum Gasteiger partial charge on any atom is -0.486 e. The molecular weight excluding hydrogens is 392 g/mol. The van der Waals surface area contributed by atoms with Crippen molar-refractivity contribution in [3.63, 3.8) is 0 Å². The first-order chi connectivity index (χ1) is 13.7. The fraction of sp³-hybridized carbons (Fsp3) is 0.381. The average Bonchev–Trinajstić information content (AvgIpc) is 2.67. The second-order valence-electron chi connectivity index (χ2n) is 7.18. The number of sulfonamides is 1. The number of ether oxygens (including phenoxy) is 2. The number of carbonyl (C=O) groups is 1. The van der Waals surface area contributed by atoms with Crippen LogP contribution in [0.1, 0.15) is 29.7 Å². The quantitative estimate of drug-likeness (QED) is 0.780. The van der Waals surface area contributed by atoms with Crippen molar-refractivity contribution in [1.29, 1.82) is 0 Å². The van der Waals surface area contributed by atoms with E-state index in [1.807, 2.05) is 45.0 Å². The first kappa shape index (κ1) is 21.0. The molecular formula is C21H26N2O5S. The highest BCUT2D eigenvalue weighted by Gasteiger charge is 2.24. The number of fused-ring (bicyclic) bond motifs is 1. The third-order valence-corrected chi connectivity index (χ3v) is 6.10. The summed E-state index contributed by atoms with van der Waals surface area (Å²) in [6.07, 6.45) is 1.10. The van der Waals surface area contributed by atoms with Crippen LogP contribution in [0, 0.1) is 13.8 Å². The molecule has 0 unspecified atom stereocenters. The molecule has 0 fully saturated rings. The van der Waals surface area contributed by atoms with Gasteiger partial charge in [0.15, 0.2) is 11.5 Å². The summed E-state index contributed by atoms with van der Waals surface area (Å²) in [7, 11) is -3.63. The van der Waals surface area contributed by atoms with E-state index in [4.69, 9.17) is 9.47 Å². The third kappa shape index (κ3) is 4.82. The van der Waals surface area contributed by atoms with Gasteiger partial charge in [0, 0.05) is 0 Å². The van der Waals surface area contributed by atoms with Crippen LogP contribution in [0.2, 0.25) is 0 Å². The zero-order valence-electron chi connectivity index (χ0n) is 17.1. The molecule has 29 heavy (non-hydrogen) atoms. The summed E-state index contributed by atoms with van der Waals surface area (Å²) in [5, 5.41) is 2.87. The predicted molar refractivity (Wildman–Crippen MR) is 112 cm³/mol. The smallest absolute Gasteiger partial charge is 0.241 e. The minimum absolute atomic E-state index is 0.294. The molecule has 156 valence electrons. The molecule has 2 aromatic carbocycles. The molecule has 2 aromatic rings. The van der Waals surface area contributed by atoms with E-state index in [1.54, 1.807) is 12.1 Å². The van der Waals surface area contributed by atoms with Gasteiger partial charge < -0.3 is 14.8 Å². The number of anilines is 1. The van der Waals surface area contributed by atoms with Crippen LogP contribution in [0.15, 0.2) is 36.4 Å². The molecule has 0 aliphatic carbocycles. The number of nitrogens with zero attached hydrogens (tertiary/aromatic N) is 1. The van der Waals surface area contributed by atoms with Gasteiger partial charge in [-0.3, -0.25) is 9.10 Å². The number of hydrogen-bond donors (Lipinski definition) is 1. The molecule has 1 N–H and O–H groups in total. The summed E-state index contributed by atoms with van der Waals surface area (Å²) in [5.74, 6) is 0.929. The molecule has 3 rings (SSSR count). The molecule has 0 saturated heterocycles. The number of benzene rings is 2. The fourth-order valence-electron chi connectivity index (χ4n) is 3.22. The Kier molecular flexibility index (Phi) is 6.02. The van der Waals surface area contributed by atoms with E-state index in [-0.39, 0.29) is 12.6 Å². The van der Waals surface area contributed by atoms with Crippen molar-refractivity contribution < 1.29 is 22.7 Å². The van der Waals surface area contributed by atoms with Crippen LogP contribution in [0.5, 0.6) is 11.5 Å². The molecule has 0 saturated carbocycles. The van der Waals surface area contributed by atoms with E-state index in [1.165, 1.54) is 0 Å². The second-order valence-corrected chi connectivity index (χ2v) is 9.09. The van der Waals surface area contributed by atoms with Gasteiger partial charge in [-0.15, -0.1) is 0 Å². The predicted octanol–water partition coefficient (Wildman–Crippen LogP) is 2.72. The second kappa shape index (κ2) is 8.32. The van der Waals surface area contributed by atoms with E-state index in [9.17, 15) is 13.2 Å². The maximum absolute atomic E-state index is 12.7. The summed E-state index contributed by atoms with van der Waals surface area (Å²) < 4.78 is 37.0. The summed E-state index contributed by atoms with van der Waals surface area (Å²) in [4.78, 5) is 12.7. The molecule has 1 aliphatic rings. The van der Waals surface area contributed by atoms with Gasteiger partial charge in [0.2, 0.25) is 15.9 Å². The number of aryl methyl sites for hydroxylation is 1. The van der Waals surface area contributed by atoms with E-state index in [2.05, 4.69) is 5.32 Å². The third-order valence-electron chi connectivity index (χ3n) is 4.98. The van der Waals surface area contributed by atoms with E-state index >= 15 is 0 Å². The van der Waals surface area contributed by atoms with Crippen molar-refractivity contribution in [2.75, 3.05) is 30.3 Å². The average molecular weight is 419 g/mol. The molecule has 0 radical (unpaired) electrons. The fourth-order valence-corrected chi connectivity index (χ4v) is 4.12. The molecule has 0 bridgehead atoms. The lowest BCUT2D eigenvalue weighted by Crippen LogP contribution is -2.41. The number of nitrogens with one attached hydrogen (secondary N) is 1. The lowest BCUT2D eigenvalue weighted by Gasteiger charge is -2.25. The molecule has 7 nitrogen and oxygen atoms in total. The monoisotopic (exact) mass is 418 g/mol. The molecule has 1 atom stereocenters. The van der Waals surface area contributed by atoms with Crippen molar-refractivity contribution in [2.45, 2.75) is 26.8 Å². The number of hydrogen-bond acceptors (Lipinski definition) is 5. The van der Waals surface area contributed by atoms with Crippen LogP contribution in [0.3, 0.4) is 0 Å². The highest BCUT2D eigenvalue weighted by molar-refractivity contribution is 7.92. The van der Waals surface area contributed by atoms with Gasteiger partial charge in [0.25, 0.3) is 0 Å². The molecule has 0 spiro atoms. The lowest BCUT2D eigenvalue weighted by molar-refractivity contribution is -0.120. The van der Waals surface area contributed by atoms with Crippen molar-refractivity contribution >= 4 is 21.6 Å². The van der Waals surface area contributed by atoms with E-state index in [0.717, 1.165) is 27.3 Å². The van der Waals surface area contributed by atoms with Gasteiger partial charge in [-0.25, -0.2) is 8.42 Å². The first-order valence-electron chi connectivity index (χ1n) is 9.39. The zero-order valence-corrected chi connectivity index (χ0v) is 17.9. The Balaban J connectivity index is 1.76. The molecule has 1 heterocycles. The van der Waals surface area contributed by atoms with Gasteiger partial charge in [0.1, 0.15) is 19.8 Å². The lowest BCUT2D eigenvalue weighted by atomic mass is 10.1. The maximum Gasteiger partial charge on any atom is 0.241 e. The van der Waals surface area contributed by atoms with Gasteiger partial charge in [0.05, 0.1) is 18.0 Å². The Morgan fingerprint density at radius 3 is 2.52 bits per heavy atom. The van der Waals surface area contributed by atoms with Crippen molar-refractivity contribution in [3.8, 4) is 11.5 Å². The van der Waals surface area contributed by atoms with Crippen LogP contribution in [-0.2, 0) is 14.8 Å². The zero-order chi connectivity index (χ0) is 21.2. The Morgan fingerprint density at radius 2 is 1.83 bits per heavy atom. The molecule has 1 amide bonds. The van der Waals surface area contributed by atoms with Crippen molar-refractivity contribution in [3.05, 3.63) is 53.1 Å². The Labute approximate surface area is 171 Å². The largest absolute Gasteiger partial charge is 0.486 e. The Bertz CT molecular complexity index is 1020. The number of carbonyl (C=O) groups excluding carboxylic acids is 1. The Morgan fingerprint density at radius 1 is 1.14 bits per heavy atom. The SMILES string of the molecule is Cc1cccc(N(CC(=O)N[C@@H](C)c2ccc3c(c2)OCCO3)S(C)(=O)=O)c1C. The summed E-state index contributed by atoms with van der Waals surface area (Å²) in [6.45, 7) is 6.29. The van der Waals surface area contributed by atoms with Gasteiger partial charge in [-0.1, -0.05) is 18.2 Å².